The number of halogens is 2. The first-order valence-corrected chi connectivity index (χ1v) is 6.40. The lowest BCUT2D eigenvalue weighted by Gasteiger charge is -2.08. The predicted octanol–water partition coefficient (Wildman–Crippen LogP) is 3.36. The minimum Gasteiger partial charge on any atom is -0.478 e. The van der Waals surface area contributed by atoms with Gasteiger partial charge in [-0.3, -0.25) is 4.79 Å². The summed E-state index contributed by atoms with van der Waals surface area (Å²) < 4.78 is 13.0. The van der Waals surface area contributed by atoms with Gasteiger partial charge in [-0.05, 0) is 35.9 Å². The highest BCUT2D eigenvalue weighted by molar-refractivity contribution is 6.30. The van der Waals surface area contributed by atoms with Crippen LogP contribution >= 0.6 is 11.6 Å². The van der Waals surface area contributed by atoms with E-state index in [0.717, 1.165) is 17.7 Å². The van der Waals surface area contributed by atoms with E-state index in [1.165, 1.54) is 6.07 Å². The van der Waals surface area contributed by atoms with Crippen LogP contribution in [-0.2, 0) is 11.2 Å². The van der Waals surface area contributed by atoms with Crippen LogP contribution in [0.25, 0.3) is 0 Å². The van der Waals surface area contributed by atoms with Gasteiger partial charge in [0.2, 0.25) is 5.91 Å². The molecule has 4 nitrogen and oxygen atoms in total. The van der Waals surface area contributed by atoms with Crippen LogP contribution in [0.3, 0.4) is 0 Å². The van der Waals surface area contributed by atoms with Crippen molar-refractivity contribution < 1.29 is 19.1 Å². The van der Waals surface area contributed by atoms with Crippen LogP contribution in [0, 0.1) is 5.82 Å². The van der Waals surface area contributed by atoms with Crippen LogP contribution in [0.4, 0.5) is 10.1 Å². The first-order chi connectivity index (χ1) is 9.95. The molecule has 0 aliphatic rings. The molecule has 0 aromatic heterocycles. The number of aromatic carboxylic acids is 1. The number of rotatable bonds is 4. The van der Waals surface area contributed by atoms with E-state index in [-0.39, 0.29) is 17.7 Å². The largest absolute Gasteiger partial charge is 0.478 e. The van der Waals surface area contributed by atoms with Crippen LogP contribution in [-0.4, -0.2) is 17.0 Å². The molecule has 6 heteroatoms. The molecule has 0 aliphatic carbocycles. The quantitative estimate of drug-likeness (QED) is 0.910. The average Bonchev–Trinajstić information content (AvgIpc) is 2.43. The van der Waals surface area contributed by atoms with Crippen molar-refractivity contribution in [2.75, 3.05) is 5.32 Å². The SMILES string of the molecule is O=C(Cc1ccc(Cl)cc1)Nc1ccc(F)cc1C(=O)O. The van der Waals surface area contributed by atoms with Gasteiger partial charge in [-0.25, -0.2) is 9.18 Å². The molecule has 0 bridgehead atoms. The highest BCUT2D eigenvalue weighted by atomic mass is 35.5. The molecule has 2 rings (SSSR count). The summed E-state index contributed by atoms with van der Waals surface area (Å²) in [5, 5.41) is 12.0. The van der Waals surface area contributed by atoms with Gasteiger partial charge in [-0.2, -0.15) is 0 Å². The summed E-state index contributed by atoms with van der Waals surface area (Å²) in [6, 6.07) is 9.88. The zero-order valence-corrected chi connectivity index (χ0v) is 11.5. The van der Waals surface area contributed by atoms with Crippen molar-refractivity contribution in [3.05, 3.63) is 64.4 Å². The number of hydrogen-bond donors (Lipinski definition) is 2. The van der Waals surface area contributed by atoms with E-state index >= 15 is 0 Å². The molecule has 0 unspecified atom stereocenters. The monoisotopic (exact) mass is 307 g/mol. The van der Waals surface area contributed by atoms with Gasteiger partial charge in [-0.1, -0.05) is 23.7 Å². The van der Waals surface area contributed by atoms with Gasteiger partial charge in [0.05, 0.1) is 17.7 Å². The summed E-state index contributed by atoms with van der Waals surface area (Å²) in [7, 11) is 0. The molecule has 0 fully saturated rings. The number of carboxylic acid groups (broad SMARTS) is 1. The van der Waals surface area contributed by atoms with E-state index in [9.17, 15) is 14.0 Å². The van der Waals surface area contributed by atoms with E-state index in [1.54, 1.807) is 24.3 Å². The summed E-state index contributed by atoms with van der Waals surface area (Å²) in [4.78, 5) is 22.9. The van der Waals surface area contributed by atoms with Gasteiger partial charge >= 0.3 is 5.97 Å². The summed E-state index contributed by atoms with van der Waals surface area (Å²) in [5.41, 5.74) is 0.498. The maximum Gasteiger partial charge on any atom is 0.337 e. The lowest BCUT2D eigenvalue weighted by Crippen LogP contribution is -2.17. The summed E-state index contributed by atoms with van der Waals surface area (Å²) >= 11 is 5.75. The summed E-state index contributed by atoms with van der Waals surface area (Å²) in [5.74, 6) is -2.38. The second-order valence-electron chi connectivity index (χ2n) is 4.35. The second-order valence-corrected chi connectivity index (χ2v) is 4.78. The molecular formula is C15H11ClFNO3. The van der Waals surface area contributed by atoms with Crippen molar-refractivity contribution >= 4 is 29.2 Å². The fourth-order valence-corrected chi connectivity index (χ4v) is 1.91. The summed E-state index contributed by atoms with van der Waals surface area (Å²) in [6.07, 6.45) is 0.0631. The van der Waals surface area contributed by atoms with Crippen molar-refractivity contribution in [1.82, 2.24) is 0 Å². The molecule has 0 saturated carbocycles. The molecule has 1 amide bonds. The summed E-state index contributed by atoms with van der Waals surface area (Å²) in [6.45, 7) is 0. The maximum atomic E-state index is 13.0. The van der Waals surface area contributed by atoms with Crippen molar-refractivity contribution in [3.63, 3.8) is 0 Å². The van der Waals surface area contributed by atoms with Gasteiger partial charge in [0.25, 0.3) is 0 Å². The Morgan fingerprint density at radius 3 is 2.43 bits per heavy atom. The Labute approximate surface area is 125 Å². The third kappa shape index (κ3) is 4.03. The van der Waals surface area contributed by atoms with Gasteiger partial charge in [0.1, 0.15) is 5.82 Å². The molecule has 0 radical (unpaired) electrons. The lowest BCUT2D eigenvalue weighted by atomic mass is 10.1. The fraction of sp³-hybridized carbons (Fsp3) is 0.0667. The topological polar surface area (TPSA) is 66.4 Å². The normalized spacial score (nSPS) is 10.2. The Hall–Kier alpha value is -2.40. The highest BCUT2D eigenvalue weighted by Gasteiger charge is 2.13. The number of amides is 1. The molecular weight excluding hydrogens is 297 g/mol. The Morgan fingerprint density at radius 2 is 1.81 bits per heavy atom. The molecule has 2 aromatic rings. The van der Waals surface area contributed by atoms with Crippen molar-refractivity contribution in [2.24, 2.45) is 0 Å². The van der Waals surface area contributed by atoms with Gasteiger partial charge in [0.15, 0.2) is 0 Å². The standard InChI is InChI=1S/C15H11ClFNO3/c16-10-3-1-9(2-4-10)7-14(19)18-13-6-5-11(17)8-12(13)15(20)21/h1-6,8H,7H2,(H,18,19)(H,20,21). The Morgan fingerprint density at radius 1 is 1.14 bits per heavy atom. The van der Waals surface area contributed by atoms with Crippen LogP contribution in [0.1, 0.15) is 15.9 Å². The number of carboxylic acids is 1. The molecule has 2 N–H and O–H groups in total. The van der Waals surface area contributed by atoms with Gasteiger partial charge in [-0.15, -0.1) is 0 Å². The Kier molecular flexibility index (Phi) is 4.55. The number of carbonyl (C=O) groups is 2. The third-order valence-electron chi connectivity index (χ3n) is 2.76. The molecule has 0 aliphatic heterocycles. The number of benzene rings is 2. The Bertz CT molecular complexity index is 686. The van der Waals surface area contributed by atoms with Crippen LogP contribution in [0.5, 0.6) is 0 Å². The maximum absolute atomic E-state index is 13.0. The number of anilines is 1. The first kappa shape index (κ1) is 15.0. The minimum atomic E-state index is -1.31. The minimum absolute atomic E-state index is 0.0582. The van der Waals surface area contributed by atoms with Crippen LogP contribution in [0.15, 0.2) is 42.5 Å². The molecule has 0 heterocycles. The third-order valence-corrected chi connectivity index (χ3v) is 3.02. The number of hydrogen-bond acceptors (Lipinski definition) is 2. The lowest BCUT2D eigenvalue weighted by molar-refractivity contribution is -0.115. The van der Waals surface area contributed by atoms with Gasteiger partial charge in [0, 0.05) is 5.02 Å². The van der Waals surface area contributed by atoms with Crippen LogP contribution in [0.2, 0.25) is 5.02 Å². The molecule has 21 heavy (non-hydrogen) atoms. The number of carbonyl (C=O) groups excluding carboxylic acids is 1. The average molecular weight is 308 g/mol. The van der Waals surface area contributed by atoms with E-state index in [2.05, 4.69) is 5.32 Å². The van der Waals surface area contributed by atoms with Gasteiger partial charge < -0.3 is 10.4 Å². The Balaban J connectivity index is 2.12. The van der Waals surface area contributed by atoms with Crippen molar-refractivity contribution in [2.45, 2.75) is 6.42 Å². The smallest absolute Gasteiger partial charge is 0.337 e. The zero-order chi connectivity index (χ0) is 15.4. The van der Waals surface area contributed by atoms with E-state index in [4.69, 9.17) is 16.7 Å². The van der Waals surface area contributed by atoms with E-state index in [1.807, 2.05) is 0 Å². The predicted molar refractivity (Wildman–Crippen MR) is 77.1 cm³/mol. The van der Waals surface area contributed by atoms with E-state index in [0.29, 0.717) is 5.02 Å². The second kappa shape index (κ2) is 6.37. The first-order valence-electron chi connectivity index (χ1n) is 6.03. The molecule has 108 valence electrons. The molecule has 0 atom stereocenters. The van der Waals surface area contributed by atoms with Crippen molar-refractivity contribution in [3.8, 4) is 0 Å². The van der Waals surface area contributed by atoms with Crippen molar-refractivity contribution in [1.29, 1.82) is 0 Å². The number of nitrogens with one attached hydrogen (secondary N) is 1. The highest BCUT2D eigenvalue weighted by Crippen LogP contribution is 2.18. The fourth-order valence-electron chi connectivity index (χ4n) is 1.78. The zero-order valence-electron chi connectivity index (χ0n) is 10.8. The molecule has 0 spiro atoms. The molecule has 2 aromatic carbocycles. The van der Waals surface area contributed by atoms with E-state index < -0.39 is 17.7 Å². The molecule has 0 saturated heterocycles. The van der Waals surface area contributed by atoms with Crippen LogP contribution < -0.4 is 5.32 Å².